The van der Waals surface area contributed by atoms with E-state index < -0.39 is 6.10 Å². The van der Waals surface area contributed by atoms with Crippen LogP contribution in [0.1, 0.15) is 39.3 Å². The molecule has 3 N–H and O–H groups in total. The molecule has 0 saturated heterocycles. The Balaban J connectivity index is 2.66. The monoisotopic (exact) mass is 264 g/mol. The molecule has 1 aromatic carbocycles. The van der Waals surface area contributed by atoms with Gasteiger partial charge in [-0.1, -0.05) is 32.0 Å². The van der Waals surface area contributed by atoms with Gasteiger partial charge in [-0.3, -0.25) is 4.79 Å². The van der Waals surface area contributed by atoms with Crippen LogP contribution in [0.5, 0.6) is 5.75 Å². The predicted molar refractivity (Wildman–Crippen MR) is 77.0 cm³/mol. The van der Waals surface area contributed by atoms with Gasteiger partial charge in [-0.15, -0.1) is 0 Å². The highest BCUT2D eigenvalue weighted by Crippen LogP contribution is 2.24. The Morgan fingerprint density at radius 2 is 1.89 bits per heavy atom. The van der Waals surface area contributed by atoms with Gasteiger partial charge >= 0.3 is 0 Å². The maximum absolute atomic E-state index is 11.9. The molecule has 0 aliphatic heterocycles. The zero-order valence-corrected chi connectivity index (χ0v) is 12.1. The van der Waals surface area contributed by atoms with E-state index in [1.807, 2.05) is 31.2 Å². The van der Waals surface area contributed by atoms with Crippen LogP contribution in [-0.4, -0.2) is 18.6 Å². The van der Waals surface area contributed by atoms with Gasteiger partial charge in [0, 0.05) is 18.2 Å². The molecule has 0 bridgehead atoms. The van der Waals surface area contributed by atoms with Crippen LogP contribution < -0.4 is 15.8 Å². The molecule has 0 heterocycles. The number of ether oxygens (including phenoxy) is 1. The van der Waals surface area contributed by atoms with Crippen molar-refractivity contribution in [3.05, 3.63) is 29.8 Å². The first-order chi connectivity index (χ1) is 8.91. The lowest BCUT2D eigenvalue weighted by Gasteiger charge is -2.19. The van der Waals surface area contributed by atoms with Crippen LogP contribution in [-0.2, 0) is 4.79 Å². The Kier molecular flexibility index (Phi) is 5.83. The predicted octanol–water partition coefficient (Wildman–Crippen LogP) is 2.25. The lowest BCUT2D eigenvalue weighted by molar-refractivity contribution is -0.127. The van der Waals surface area contributed by atoms with E-state index in [4.69, 9.17) is 10.5 Å². The topological polar surface area (TPSA) is 64.3 Å². The van der Waals surface area contributed by atoms with Crippen LogP contribution in [0.2, 0.25) is 0 Å². The van der Waals surface area contributed by atoms with Crippen LogP contribution in [0.3, 0.4) is 0 Å². The zero-order valence-electron chi connectivity index (χ0n) is 12.1. The molecule has 0 radical (unpaired) electrons. The van der Waals surface area contributed by atoms with E-state index in [-0.39, 0.29) is 11.9 Å². The number of para-hydroxylation sites is 1. The summed E-state index contributed by atoms with van der Waals surface area (Å²) < 4.78 is 5.71. The molecule has 0 aromatic heterocycles. The molecule has 1 amide bonds. The molecule has 0 aliphatic rings. The van der Waals surface area contributed by atoms with E-state index in [1.54, 1.807) is 6.92 Å². The number of amides is 1. The summed E-state index contributed by atoms with van der Waals surface area (Å²) in [5.74, 6) is 0.991. The summed E-state index contributed by atoms with van der Waals surface area (Å²) in [6.45, 7) is 8.40. The van der Waals surface area contributed by atoms with Gasteiger partial charge in [0.05, 0.1) is 0 Å². The molecule has 106 valence electrons. The molecule has 19 heavy (non-hydrogen) atoms. The molecular formula is C15H24N2O2. The number of hydrogen-bond acceptors (Lipinski definition) is 3. The van der Waals surface area contributed by atoms with Crippen LogP contribution >= 0.6 is 0 Å². The van der Waals surface area contributed by atoms with E-state index in [1.165, 1.54) is 0 Å². The maximum atomic E-state index is 11.9. The summed E-state index contributed by atoms with van der Waals surface area (Å²) in [5.41, 5.74) is 6.79. The fraction of sp³-hybridized carbons (Fsp3) is 0.533. The Morgan fingerprint density at radius 1 is 1.26 bits per heavy atom. The fourth-order valence-corrected chi connectivity index (χ4v) is 1.66. The second-order valence-electron chi connectivity index (χ2n) is 5.23. The van der Waals surface area contributed by atoms with E-state index in [0.29, 0.717) is 18.2 Å². The van der Waals surface area contributed by atoms with E-state index in [9.17, 15) is 4.79 Å². The molecule has 2 atom stereocenters. The molecule has 1 aromatic rings. The van der Waals surface area contributed by atoms with Crippen molar-refractivity contribution >= 4 is 5.91 Å². The number of carbonyl (C=O) groups excluding carboxylic acids is 1. The average Bonchev–Trinajstić information content (AvgIpc) is 2.36. The third kappa shape index (κ3) is 4.91. The number of nitrogens with two attached hydrogens (primary N) is 1. The van der Waals surface area contributed by atoms with Crippen molar-refractivity contribution in [1.82, 2.24) is 5.32 Å². The number of carbonyl (C=O) groups is 1. The largest absolute Gasteiger partial charge is 0.481 e. The number of hydrogen-bond donors (Lipinski definition) is 2. The summed E-state index contributed by atoms with van der Waals surface area (Å²) in [7, 11) is 0. The molecule has 1 rings (SSSR count). The maximum Gasteiger partial charge on any atom is 0.260 e. The third-order valence-corrected chi connectivity index (χ3v) is 2.77. The smallest absolute Gasteiger partial charge is 0.260 e. The minimum Gasteiger partial charge on any atom is -0.481 e. The van der Waals surface area contributed by atoms with Crippen molar-refractivity contribution in [2.45, 2.75) is 39.8 Å². The van der Waals surface area contributed by atoms with Gasteiger partial charge in [-0.25, -0.2) is 0 Å². The van der Waals surface area contributed by atoms with Crippen LogP contribution in [0.15, 0.2) is 24.3 Å². The summed E-state index contributed by atoms with van der Waals surface area (Å²) in [4.78, 5) is 11.9. The number of benzene rings is 1. The highest BCUT2D eigenvalue weighted by molar-refractivity contribution is 5.80. The SMILES string of the molecule is CC(C)CNC(=O)C(C)Oc1ccccc1[C@@H](C)N. The van der Waals surface area contributed by atoms with E-state index in [0.717, 1.165) is 5.56 Å². The van der Waals surface area contributed by atoms with Gasteiger partial charge in [0.15, 0.2) is 6.10 Å². The number of rotatable bonds is 6. The highest BCUT2D eigenvalue weighted by Gasteiger charge is 2.17. The van der Waals surface area contributed by atoms with Crippen molar-refractivity contribution in [2.24, 2.45) is 11.7 Å². The summed E-state index contributed by atoms with van der Waals surface area (Å²) in [6, 6.07) is 7.42. The van der Waals surface area contributed by atoms with Crippen molar-refractivity contribution in [2.75, 3.05) is 6.54 Å². The second kappa shape index (κ2) is 7.14. The summed E-state index contributed by atoms with van der Waals surface area (Å²) >= 11 is 0. The molecular weight excluding hydrogens is 240 g/mol. The van der Waals surface area contributed by atoms with Gasteiger partial charge in [-0.2, -0.15) is 0 Å². The molecule has 0 aliphatic carbocycles. The molecule has 4 nitrogen and oxygen atoms in total. The van der Waals surface area contributed by atoms with Crippen LogP contribution in [0.25, 0.3) is 0 Å². The standard InChI is InChI=1S/C15H24N2O2/c1-10(2)9-17-15(18)12(4)19-14-8-6-5-7-13(14)11(3)16/h5-8,10-12H,9,16H2,1-4H3,(H,17,18)/t11-,12?/m1/s1. The third-order valence-electron chi connectivity index (χ3n) is 2.77. The van der Waals surface area contributed by atoms with Crippen LogP contribution in [0.4, 0.5) is 0 Å². The first-order valence-corrected chi connectivity index (χ1v) is 6.70. The Hall–Kier alpha value is -1.55. The van der Waals surface area contributed by atoms with Crippen LogP contribution in [0, 0.1) is 5.92 Å². The van der Waals surface area contributed by atoms with Gasteiger partial charge in [0.1, 0.15) is 5.75 Å². The Bertz CT molecular complexity index is 416. The van der Waals surface area contributed by atoms with Crippen molar-refractivity contribution in [1.29, 1.82) is 0 Å². The molecule has 0 saturated carbocycles. The van der Waals surface area contributed by atoms with Gasteiger partial charge in [0.25, 0.3) is 5.91 Å². The normalized spacial score (nSPS) is 14.0. The first kappa shape index (κ1) is 15.5. The highest BCUT2D eigenvalue weighted by atomic mass is 16.5. The molecule has 4 heteroatoms. The molecule has 0 fully saturated rings. The summed E-state index contributed by atoms with van der Waals surface area (Å²) in [6.07, 6.45) is -0.529. The van der Waals surface area contributed by atoms with Gasteiger partial charge < -0.3 is 15.8 Å². The first-order valence-electron chi connectivity index (χ1n) is 6.70. The molecule has 0 spiro atoms. The summed E-state index contributed by atoms with van der Waals surface area (Å²) in [5, 5.41) is 2.86. The lowest BCUT2D eigenvalue weighted by atomic mass is 10.1. The average molecular weight is 264 g/mol. The minimum absolute atomic E-state index is 0.104. The van der Waals surface area contributed by atoms with E-state index >= 15 is 0 Å². The van der Waals surface area contributed by atoms with Crippen molar-refractivity contribution in [3.63, 3.8) is 0 Å². The fourth-order valence-electron chi connectivity index (χ4n) is 1.66. The Morgan fingerprint density at radius 3 is 2.47 bits per heavy atom. The van der Waals surface area contributed by atoms with Gasteiger partial charge in [0.2, 0.25) is 0 Å². The van der Waals surface area contributed by atoms with Crippen molar-refractivity contribution < 1.29 is 9.53 Å². The van der Waals surface area contributed by atoms with Crippen molar-refractivity contribution in [3.8, 4) is 5.75 Å². The molecule has 1 unspecified atom stereocenters. The number of nitrogens with one attached hydrogen (secondary N) is 1. The lowest BCUT2D eigenvalue weighted by Crippen LogP contribution is -2.38. The quantitative estimate of drug-likeness (QED) is 0.828. The minimum atomic E-state index is -0.529. The second-order valence-corrected chi connectivity index (χ2v) is 5.23. The van der Waals surface area contributed by atoms with E-state index in [2.05, 4.69) is 19.2 Å². The van der Waals surface area contributed by atoms with Gasteiger partial charge in [-0.05, 0) is 25.8 Å². The zero-order chi connectivity index (χ0) is 14.4. The Labute approximate surface area is 115 Å².